The summed E-state index contributed by atoms with van der Waals surface area (Å²) in [6.07, 6.45) is 6.39. The first kappa shape index (κ1) is 39.6. The quantitative estimate of drug-likeness (QED) is 0.0537. The SMILES string of the molecule is C=CCC.CC.CNCCCC(C=O)N/C(=N/CN1CCC(C)C1C)c1c(C)c(O)c(-c2ccc(F)c3sc(N)c(C#N)c23)c2c1COC2. The number of nitrogens with two attached hydrogens (primary N) is 1. The van der Waals surface area contributed by atoms with Crippen molar-refractivity contribution in [1.82, 2.24) is 15.5 Å². The minimum atomic E-state index is -0.472. The summed E-state index contributed by atoms with van der Waals surface area (Å²) in [6, 6.07) is 4.96. The van der Waals surface area contributed by atoms with Crippen molar-refractivity contribution < 1.29 is 19.0 Å². The van der Waals surface area contributed by atoms with Crippen molar-refractivity contribution in [2.75, 3.05) is 32.5 Å². The number of aldehydes is 1. The molecule has 3 aromatic rings. The van der Waals surface area contributed by atoms with E-state index < -0.39 is 11.9 Å². The van der Waals surface area contributed by atoms with Crippen LogP contribution in [-0.2, 0) is 22.7 Å². The van der Waals surface area contributed by atoms with E-state index in [0.717, 1.165) is 61.1 Å². The number of hydrogen-bond acceptors (Lipinski definition) is 9. The molecule has 0 amide bonds. The van der Waals surface area contributed by atoms with Crippen molar-refractivity contribution >= 4 is 38.5 Å². The normalized spacial score (nSPS) is 17.7. The molecule has 0 saturated carbocycles. The van der Waals surface area contributed by atoms with Gasteiger partial charge in [0.1, 0.15) is 34.8 Å². The number of nitriles is 1. The molecule has 2 aliphatic rings. The van der Waals surface area contributed by atoms with Crippen molar-refractivity contribution in [1.29, 1.82) is 5.26 Å². The van der Waals surface area contributed by atoms with E-state index in [1.54, 1.807) is 6.07 Å². The van der Waals surface area contributed by atoms with Crippen LogP contribution in [0.15, 0.2) is 29.8 Å². The van der Waals surface area contributed by atoms with E-state index in [2.05, 4.69) is 49.0 Å². The molecule has 3 unspecified atom stereocenters. The van der Waals surface area contributed by atoms with Crippen LogP contribution in [0.25, 0.3) is 21.2 Å². The Labute approximate surface area is 295 Å². The van der Waals surface area contributed by atoms with Gasteiger partial charge in [-0.05, 0) is 81.8 Å². The standard InChI is InChI=1S/C32H39FN6O3S.C4H8.C2H6/c1-17-9-11-39(19(17)3)16-37-32(38-20(13-40)6-5-10-36-4)26-18(2)29(41)27(24-15-42-14-23(24)26)21-7-8-25(33)30-28(21)22(12-34)31(35)43-30;1-3-4-2;1-2/h7-8,13,17,19-20,36,41H,5-6,9-11,14-16,35H2,1-4H3,(H,37,38);3H,1,4H2,2H3;1-2H3. The predicted octanol–water partition coefficient (Wildman–Crippen LogP) is 7.41. The van der Waals surface area contributed by atoms with Crippen LogP contribution in [0.5, 0.6) is 5.75 Å². The number of aliphatic imine (C=N–C) groups is 1. The molecule has 3 atom stereocenters. The summed E-state index contributed by atoms with van der Waals surface area (Å²) in [6.45, 7) is 18.5. The number of likely N-dealkylation sites (tertiary alicyclic amines) is 1. The maximum absolute atomic E-state index is 14.9. The Morgan fingerprint density at radius 2 is 2.02 bits per heavy atom. The number of hydrogen-bond donors (Lipinski definition) is 4. The summed E-state index contributed by atoms with van der Waals surface area (Å²) in [5.41, 5.74) is 10.2. The first-order valence-electron chi connectivity index (χ1n) is 17.2. The van der Waals surface area contributed by atoms with Crippen molar-refractivity contribution in [3.8, 4) is 22.9 Å². The lowest BCUT2D eigenvalue weighted by Gasteiger charge is -2.25. The number of nitrogens with zero attached hydrogens (tertiary/aromatic N) is 3. The Bertz CT molecular complexity index is 1680. The molecule has 49 heavy (non-hydrogen) atoms. The molecule has 11 heteroatoms. The lowest BCUT2D eigenvalue weighted by atomic mass is 9.86. The van der Waals surface area contributed by atoms with Gasteiger partial charge in [-0.2, -0.15) is 5.26 Å². The van der Waals surface area contributed by atoms with Gasteiger partial charge in [-0.1, -0.05) is 39.8 Å². The van der Waals surface area contributed by atoms with E-state index in [1.165, 1.54) is 6.07 Å². The molecule has 2 aliphatic heterocycles. The smallest absolute Gasteiger partial charge is 0.142 e. The van der Waals surface area contributed by atoms with Gasteiger partial charge in [-0.15, -0.1) is 17.9 Å². The van der Waals surface area contributed by atoms with Gasteiger partial charge in [0, 0.05) is 34.7 Å². The van der Waals surface area contributed by atoms with Crippen LogP contribution in [0, 0.1) is 30.0 Å². The van der Waals surface area contributed by atoms with Gasteiger partial charge in [-0.25, -0.2) is 4.39 Å². The highest BCUT2D eigenvalue weighted by Crippen LogP contribution is 2.48. The van der Waals surface area contributed by atoms with Crippen LogP contribution < -0.4 is 16.4 Å². The Morgan fingerprint density at radius 1 is 1.33 bits per heavy atom. The van der Waals surface area contributed by atoms with Crippen LogP contribution in [0.4, 0.5) is 9.39 Å². The zero-order chi connectivity index (χ0) is 36.2. The molecule has 5 N–H and O–H groups in total. The second-order valence-electron chi connectivity index (χ2n) is 12.2. The molecule has 9 nitrogen and oxygen atoms in total. The monoisotopic (exact) mass is 692 g/mol. The number of fused-ring (bicyclic) bond motifs is 2. The summed E-state index contributed by atoms with van der Waals surface area (Å²) in [7, 11) is 1.88. The van der Waals surface area contributed by atoms with Gasteiger partial charge in [0.15, 0.2) is 0 Å². The molecule has 2 aromatic carbocycles. The first-order chi connectivity index (χ1) is 23.6. The minimum Gasteiger partial charge on any atom is -0.507 e. The van der Waals surface area contributed by atoms with E-state index in [-0.39, 0.29) is 34.2 Å². The number of allylic oxidation sites excluding steroid dienone is 1. The van der Waals surface area contributed by atoms with Crippen molar-refractivity contribution in [3.63, 3.8) is 0 Å². The van der Waals surface area contributed by atoms with E-state index in [1.807, 2.05) is 33.9 Å². The van der Waals surface area contributed by atoms with Crippen molar-refractivity contribution in [3.05, 3.63) is 58.4 Å². The fourth-order valence-corrected chi connectivity index (χ4v) is 7.20. The number of nitrogen functional groups attached to an aromatic ring is 1. The molecule has 0 bridgehead atoms. The lowest BCUT2D eigenvalue weighted by molar-refractivity contribution is -0.109. The molecule has 1 aromatic heterocycles. The molecule has 1 fully saturated rings. The molecule has 0 radical (unpaired) electrons. The number of anilines is 1. The molecule has 1 saturated heterocycles. The van der Waals surface area contributed by atoms with Crippen LogP contribution in [0.3, 0.4) is 0 Å². The fraction of sp³-hybridized carbons (Fsp3) is 0.500. The highest BCUT2D eigenvalue weighted by molar-refractivity contribution is 7.23. The number of carbonyl (C=O) groups excluding carboxylic acids is 1. The highest BCUT2D eigenvalue weighted by atomic mass is 32.1. The van der Waals surface area contributed by atoms with Gasteiger partial charge in [0.2, 0.25) is 0 Å². The molecular formula is C38H53FN6O3S. The summed E-state index contributed by atoms with van der Waals surface area (Å²) in [4.78, 5) is 19.5. The number of benzene rings is 2. The second-order valence-corrected chi connectivity index (χ2v) is 13.3. The molecule has 3 heterocycles. The molecular weight excluding hydrogens is 640 g/mol. The number of rotatable bonds is 11. The van der Waals surface area contributed by atoms with Crippen LogP contribution >= 0.6 is 11.3 Å². The number of halogens is 1. The number of phenolic OH excluding ortho intramolecular Hbond substituents is 1. The molecule has 266 valence electrons. The zero-order valence-corrected chi connectivity index (χ0v) is 30.9. The van der Waals surface area contributed by atoms with Gasteiger partial charge < -0.3 is 31.0 Å². The number of amidine groups is 1. The third-order valence-corrected chi connectivity index (χ3v) is 10.3. The predicted molar refractivity (Wildman–Crippen MR) is 201 cm³/mol. The molecule has 0 spiro atoms. The number of thiophene rings is 1. The summed E-state index contributed by atoms with van der Waals surface area (Å²) < 4.78 is 21.1. The lowest BCUT2D eigenvalue weighted by Crippen LogP contribution is -2.39. The van der Waals surface area contributed by atoms with Gasteiger partial charge in [0.05, 0.1) is 36.2 Å². The van der Waals surface area contributed by atoms with Gasteiger partial charge in [0.25, 0.3) is 0 Å². The van der Waals surface area contributed by atoms with Crippen molar-refractivity contribution in [2.45, 2.75) is 92.5 Å². The van der Waals surface area contributed by atoms with Crippen LogP contribution in [0.2, 0.25) is 0 Å². The van der Waals surface area contributed by atoms with E-state index in [0.29, 0.717) is 58.5 Å². The van der Waals surface area contributed by atoms with E-state index in [9.17, 15) is 19.6 Å². The van der Waals surface area contributed by atoms with Gasteiger partial charge in [-0.3, -0.25) is 9.89 Å². The number of aromatic hydroxyl groups is 1. The average Bonchev–Trinajstić information content (AvgIpc) is 3.82. The van der Waals surface area contributed by atoms with E-state index in [4.69, 9.17) is 15.5 Å². The Morgan fingerprint density at radius 3 is 2.61 bits per heavy atom. The van der Waals surface area contributed by atoms with Gasteiger partial charge >= 0.3 is 0 Å². The molecule has 0 aliphatic carbocycles. The Kier molecular flexibility index (Phi) is 15.2. The number of nitrogens with one attached hydrogen (secondary N) is 2. The Balaban J connectivity index is 0.00000101. The fourth-order valence-electron chi connectivity index (χ4n) is 6.25. The number of ether oxygens (including phenoxy) is 1. The first-order valence-corrected chi connectivity index (χ1v) is 18.1. The summed E-state index contributed by atoms with van der Waals surface area (Å²) in [5.74, 6) is 0.628. The van der Waals surface area contributed by atoms with Crippen LogP contribution in [-0.4, -0.2) is 61.0 Å². The van der Waals surface area contributed by atoms with E-state index >= 15 is 0 Å². The highest BCUT2D eigenvalue weighted by Gasteiger charge is 2.32. The topological polar surface area (TPSA) is 136 Å². The Hall–Kier alpha value is -3.82. The largest absolute Gasteiger partial charge is 0.507 e. The number of phenols is 1. The molecule has 5 rings (SSSR count). The van der Waals surface area contributed by atoms with Crippen LogP contribution in [0.1, 0.15) is 88.1 Å². The maximum Gasteiger partial charge on any atom is 0.142 e. The number of carbonyl (C=O) groups is 1. The average molecular weight is 693 g/mol. The van der Waals surface area contributed by atoms with Crippen molar-refractivity contribution in [2.24, 2.45) is 10.9 Å². The maximum atomic E-state index is 14.9. The second kappa shape index (κ2) is 18.8. The summed E-state index contributed by atoms with van der Waals surface area (Å²) in [5, 5.41) is 28.8. The zero-order valence-electron chi connectivity index (χ0n) is 30.1. The third kappa shape index (κ3) is 8.68. The third-order valence-electron chi connectivity index (χ3n) is 9.26. The minimum absolute atomic E-state index is 0.00341. The summed E-state index contributed by atoms with van der Waals surface area (Å²) >= 11 is 1.02.